The molecule has 0 aromatic carbocycles. The normalized spacial score (nSPS) is 15.2. The second kappa shape index (κ2) is 5.70. The van der Waals surface area contributed by atoms with Gasteiger partial charge in [-0.1, -0.05) is 0 Å². The minimum Gasteiger partial charge on any atom is -0.332 e. The van der Waals surface area contributed by atoms with Crippen LogP contribution >= 0.6 is 0 Å². The van der Waals surface area contributed by atoms with E-state index in [0.717, 1.165) is 0 Å². The Morgan fingerprint density at radius 2 is 1.84 bits per heavy atom. The topological polar surface area (TPSA) is 100 Å². The minimum absolute atomic E-state index is 0.0524. The molecule has 2 rings (SSSR count). The van der Waals surface area contributed by atoms with E-state index in [4.69, 9.17) is 0 Å². The number of piperazine rings is 1. The summed E-state index contributed by atoms with van der Waals surface area (Å²) in [6, 6.07) is 0. The highest BCUT2D eigenvalue weighted by atomic mass is 16.2. The third kappa shape index (κ3) is 3.22. The Labute approximate surface area is 110 Å². The van der Waals surface area contributed by atoms with Crippen molar-refractivity contribution in [1.82, 2.24) is 25.4 Å². The largest absolute Gasteiger partial charge is 0.332 e. The molecule has 1 aromatic heterocycles. The summed E-state index contributed by atoms with van der Waals surface area (Å²) in [4.78, 5) is 29.2. The summed E-state index contributed by atoms with van der Waals surface area (Å²) in [7, 11) is 0. The predicted octanol–water partition coefficient (Wildman–Crippen LogP) is -1.14. The number of amides is 2. The van der Waals surface area contributed by atoms with E-state index in [1.54, 1.807) is 13.8 Å². The summed E-state index contributed by atoms with van der Waals surface area (Å²) in [5.41, 5.74) is 1.35. The van der Waals surface area contributed by atoms with E-state index in [0.29, 0.717) is 37.6 Å². The van der Waals surface area contributed by atoms with Crippen LogP contribution in [0.25, 0.3) is 0 Å². The summed E-state index contributed by atoms with van der Waals surface area (Å²) in [6.07, 6.45) is 0. The van der Waals surface area contributed by atoms with Gasteiger partial charge in [0.25, 0.3) is 0 Å². The van der Waals surface area contributed by atoms with Crippen molar-refractivity contribution in [2.24, 2.45) is 0 Å². The number of hydrogen-bond donors (Lipinski definition) is 2. The molecule has 2 amide bonds. The van der Waals surface area contributed by atoms with Crippen LogP contribution in [-0.4, -0.2) is 58.1 Å². The highest BCUT2D eigenvalue weighted by molar-refractivity contribution is 6.39. The Balaban J connectivity index is 1.99. The Morgan fingerprint density at radius 1 is 1.16 bits per heavy atom. The van der Waals surface area contributed by atoms with Gasteiger partial charge in [0, 0.05) is 26.2 Å². The van der Waals surface area contributed by atoms with Crippen molar-refractivity contribution >= 4 is 17.8 Å². The molecule has 0 radical (unpaired) electrons. The highest BCUT2D eigenvalue weighted by Gasteiger charge is 2.23. The monoisotopic (exact) mass is 264 g/mol. The van der Waals surface area contributed by atoms with Crippen molar-refractivity contribution in [3.05, 3.63) is 11.4 Å². The number of hydrogen-bond acceptors (Lipinski definition) is 6. The lowest BCUT2D eigenvalue weighted by Crippen LogP contribution is -2.50. The van der Waals surface area contributed by atoms with Crippen LogP contribution in [0.15, 0.2) is 0 Å². The SMILES string of the molecule is Cc1nnc(NC(=O)C(=O)N2CCNCC2)nc1C. The number of anilines is 1. The molecule has 0 unspecified atom stereocenters. The summed E-state index contributed by atoms with van der Waals surface area (Å²) >= 11 is 0. The molecule has 2 heterocycles. The molecular formula is C11H16N6O2. The van der Waals surface area contributed by atoms with E-state index in [9.17, 15) is 9.59 Å². The summed E-state index contributed by atoms with van der Waals surface area (Å²) < 4.78 is 0. The fourth-order valence-corrected chi connectivity index (χ4v) is 1.68. The van der Waals surface area contributed by atoms with E-state index in [1.165, 1.54) is 4.90 Å². The van der Waals surface area contributed by atoms with Crippen LogP contribution in [0.2, 0.25) is 0 Å². The second-order valence-electron chi connectivity index (χ2n) is 4.30. The number of carbonyl (C=O) groups is 2. The van der Waals surface area contributed by atoms with E-state index >= 15 is 0 Å². The first-order valence-electron chi connectivity index (χ1n) is 6.07. The number of aryl methyl sites for hydroxylation is 2. The summed E-state index contributed by atoms with van der Waals surface area (Å²) in [6.45, 7) is 5.97. The fraction of sp³-hybridized carbons (Fsp3) is 0.545. The van der Waals surface area contributed by atoms with Gasteiger partial charge in [-0.25, -0.2) is 4.98 Å². The Morgan fingerprint density at radius 3 is 2.47 bits per heavy atom. The molecule has 1 saturated heterocycles. The first-order valence-corrected chi connectivity index (χ1v) is 6.07. The molecule has 1 aliphatic rings. The third-order valence-electron chi connectivity index (χ3n) is 2.92. The molecule has 8 nitrogen and oxygen atoms in total. The zero-order valence-corrected chi connectivity index (χ0v) is 10.9. The number of carbonyl (C=O) groups excluding carboxylic acids is 2. The smallest absolute Gasteiger partial charge is 0.316 e. The van der Waals surface area contributed by atoms with Crippen molar-refractivity contribution in [1.29, 1.82) is 0 Å². The van der Waals surface area contributed by atoms with Crippen LogP contribution < -0.4 is 10.6 Å². The van der Waals surface area contributed by atoms with Crippen molar-refractivity contribution < 1.29 is 9.59 Å². The maximum Gasteiger partial charge on any atom is 0.316 e. The van der Waals surface area contributed by atoms with Crippen molar-refractivity contribution in [2.75, 3.05) is 31.5 Å². The molecule has 0 aliphatic carbocycles. The predicted molar refractivity (Wildman–Crippen MR) is 67.4 cm³/mol. The molecule has 19 heavy (non-hydrogen) atoms. The highest BCUT2D eigenvalue weighted by Crippen LogP contribution is 2.03. The molecule has 1 aliphatic heterocycles. The van der Waals surface area contributed by atoms with Crippen molar-refractivity contribution in [3.63, 3.8) is 0 Å². The maximum absolute atomic E-state index is 11.9. The molecule has 1 aromatic rings. The quantitative estimate of drug-likeness (QED) is 0.622. The first kappa shape index (κ1) is 13.3. The van der Waals surface area contributed by atoms with Gasteiger partial charge in [0.15, 0.2) is 0 Å². The van der Waals surface area contributed by atoms with Gasteiger partial charge in [0.2, 0.25) is 5.95 Å². The second-order valence-corrected chi connectivity index (χ2v) is 4.30. The lowest BCUT2D eigenvalue weighted by molar-refractivity contribution is -0.143. The van der Waals surface area contributed by atoms with E-state index in [2.05, 4.69) is 25.8 Å². The van der Waals surface area contributed by atoms with Gasteiger partial charge in [-0.2, -0.15) is 5.10 Å². The summed E-state index contributed by atoms with van der Waals surface area (Å²) in [5.74, 6) is -1.24. The van der Waals surface area contributed by atoms with Gasteiger partial charge < -0.3 is 10.2 Å². The average molecular weight is 264 g/mol. The summed E-state index contributed by atoms with van der Waals surface area (Å²) in [5, 5.41) is 13.1. The van der Waals surface area contributed by atoms with E-state index in [1.807, 2.05) is 0 Å². The van der Waals surface area contributed by atoms with Crippen LogP contribution in [0, 0.1) is 13.8 Å². The lowest BCUT2D eigenvalue weighted by atomic mass is 10.3. The number of rotatable bonds is 1. The van der Waals surface area contributed by atoms with Gasteiger partial charge in [-0.05, 0) is 13.8 Å². The Hall–Kier alpha value is -2.09. The van der Waals surface area contributed by atoms with Crippen LogP contribution in [0.3, 0.4) is 0 Å². The van der Waals surface area contributed by atoms with Crippen LogP contribution in [0.1, 0.15) is 11.4 Å². The molecule has 0 atom stereocenters. The van der Waals surface area contributed by atoms with Gasteiger partial charge in [0.1, 0.15) is 0 Å². The minimum atomic E-state index is -0.730. The zero-order valence-electron chi connectivity index (χ0n) is 10.9. The molecule has 8 heteroatoms. The molecule has 0 saturated carbocycles. The maximum atomic E-state index is 11.9. The standard InChI is InChI=1S/C11H16N6O2/c1-7-8(2)15-16-11(13-7)14-9(18)10(19)17-5-3-12-4-6-17/h12H,3-6H2,1-2H3,(H,13,14,16,18). The Kier molecular flexibility index (Phi) is 4.00. The van der Waals surface area contributed by atoms with Gasteiger partial charge in [-0.3, -0.25) is 14.9 Å². The lowest BCUT2D eigenvalue weighted by Gasteiger charge is -2.26. The van der Waals surface area contributed by atoms with Crippen LogP contribution in [0.4, 0.5) is 5.95 Å². The van der Waals surface area contributed by atoms with Gasteiger partial charge >= 0.3 is 11.8 Å². The molecular weight excluding hydrogens is 248 g/mol. The van der Waals surface area contributed by atoms with Crippen molar-refractivity contribution in [2.45, 2.75) is 13.8 Å². The number of aromatic nitrogens is 3. The number of nitrogens with one attached hydrogen (secondary N) is 2. The molecule has 0 bridgehead atoms. The molecule has 1 fully saturated rings. The number of nitrogens with zero attached hydrogens (tertiary/aromatic N) is 4. The molecule has 0 spiro atoms. The molecule has 2 N–H and O–H groups in total. The zero-order chi connectivity index (χ0) is 13.8. The van der Waals surface area contributed by atoms with Crippen LogP contribution in [0.5, 0.6) is 0 Å². The first-order chi connectivity index (χ1) is 9.08. The van der Waals surface area contributed by atoms with Gasteiger partial charge in [0.05, 0.1) is 11.4 Å². The van der Waals surface area contributed by atoms with Gasteiger partial charge in [-0.15, -0.1) is 5.10 Å². The fourth-order valence-electron chi connectivity index (χ4n) is 1.68. The Bertz CT molecular complexity index is 498. The average Bonchev–Trinajstić information content (AvgIpc) is 2.43. The molecule has 102 valence electrons. The third-order valence-corrected chi connectivity index (χ3v) is 2.92. The van der Waals surface area contributed by atoms with Crippen molar-refractivity contribution in [3.8, 4) is 0 Å². The van der Waals surface area contributed by atoms with E-state index in [-0.39, 0.29) is 5.95 Å². The van der Waals surface area contributed by atoms with Crippen LogP contribution in [-0.2, 0) is 9.59 Å². The van der Waals surface area contributed by atoms with E-state index < -0.39 is 11.8 Å².